The minimum Gasteiger partial charge on any atom is -0.478 e. The van der Waals surface area contributed by atoms with Crippen LogP contribution >= 0.6 is 0 Å². The van der Waals surface area contributed by atoms with Crippen molar-refractivity contribution in [2.24, 2.45) is 0 Å². The van der Waals surface area contributed by atoms with E-state index >= 15 is 0 Å². The van der Waals surface area contributed by atoms with Crippen LogP contribution < -0.4 is 14.4 Å². The third kappa shape index (κ3) is 5.01. The molecule has 1 heterocycles. The number of nitrogens with one attached hydrogen (secondary N) is 1. The highest BCUT2D eigenvalue weighted by Gasteiger charge is 2.30. The molecule has 0 fully saturated rings. The van der Waals surface area contributed by atoms with E-state index in [1.807, 2.05) is 0 Å². The van der Waals surface area contributed by atoms with Gasteiger partial charge in [0, 0.05) is 19.5 Å². The number of fused-ring (bicyclic) bond motifs is 1. The van der Waals surface area contributed by atoms with Crippen LogP contribution in [0.5, 0.6) is 5.75 Å². The van der Waals surface area contributed by atoms with Gasteiger partial charge in [0.1, 0.15) is 11.6 Å². The van der Waals surface area contributed by atoms with Crippen molar-refractivity contribution in [3.63, 3.8) is 0 Å². The number of halogens is 1. The second-order valence-electron chi connectivity index (χ2n) is 6.72. The number of ether oxygens (including phenoxy) is 1. The van der Waals surface area contributed by atoms with Crippen LogP contribution in [0, 0.1) is 5.82 Å². The summed E-state index contributed by atoms with van der Waals surface area (Å²) in [5.74, 6) is -0.174. The third-order valence-electron chi connectivity index (χ3n) is 4.55. The molecule has 8 heteroatoms. The quantitative estimate of drug-likeness (QED) is 0.748. The van der Waals surface area contributed by atoms with Crippen molar-refractivity contribution in [1.29, 1.82) is 0 Å². The molecule has 1 aliphatic heterocycles. The first-order valence-electron chi connectivity index (χ1n) is 9.10. The molecule has 1 atom stereocenters. The van der Waals surface area contributed by atoms with Crippen LogP contribution in [0.1, 0.15) is 18.4 Å². The molecule has 0 spiro atoms. The largest absolute Gasteiger partial charge is 0.478 e. The zero-order valence-corrected chi connectivity index (χ0v) is 16.4. The van der Waals surface area contributed by atoms with E-state index in [-0.39, 0.29) is 24.7 Å². The van der Waals surface area contributed by atoms with Gasteiger partial charge in [0.25, 0.3) is 5.91 Å². The van der Waals surface area contributed by atoms with Crippen LogP contribution in [0.15, 0.2) is 48.5 Å². The lowest BCUT2D eigenvalue weighted by molar-refractivity contribution is -0.128. The summed E-state index contributed by atoms with van der Waals surface area (Å²) < 4.78 is 44.2. The highest BCUT2D eigenvalue weighted by molar-refractivity contribution is 7.92. The molecule has 0 bridgehead atoms. The molecule has 1 amide bonds. The summed E-state index contributed by atoms with van der Waals surface area (Å²) in [5, 5.41) is 2.84. The number of benzene rings is 2. The number of nitrogens with zero attached hydrogens (tertiary/aromatic N) is 1. The van der Waals surface area contributed by atoms with Gasteiger partial charge in [0.15, 0.2) is 6.10 Å². The molecule has 1 N–H and O–H groups in total. The van der Waals surface area contributed by atoms with E-state index in [2.05, 4.69) is 5.32 Å². The minimum absolute atomic E-state index is 0.170. The van der Waals surface area contributed by atoms with E-state index < -0.39 is 16.1 Å². The predicted octanol–water partition coefficient (Wildman–Crippen LogP) is 2.49. The third-order valence-corrected chi connectivity index (χ3v) is 5.72. The number of anilines is 1. The number of rotatable bonds is 6. The summed E-state index contributed by atoms with van der Waals surface area (Å²) in [6.45, 7) is 0.622. The minimum atomic E-state index is -3.47. The summed E-state index contributed by atoms with van der Waals surface area (Å²) in [5.41, 5.74) is 1.44. The Balaban J connectivity index is 1.58. The van der Waals surface area contributed by atoms with Crippen molar-refractivity contribution in [2.75, 3.05) is 23.7 Å². The first-order valence-corrected chi connectivity index (χ1v) is 10.9. The Labute approximate surface area is 164 Å². The van der Waals surface area contributed by atoms with Crippen molar-refractivity contribution in [2.45, 2.75) is 25.4 Å². The van der Waals surface area contributed by atoms with Gasteiger partial charge in [0.2, 0.25) is 10.0 Å². The van der Waals surface area contributed by atoms with Crippen LogP contribution in [0.4, 0.5) is 10.1 Å². The summed E-state index contributed by atoms with van der Waals surface area (Å²) in [6.07, 6.45) is 2.05. The molecule has 0 aliphatic carbocycles. The van der Waals surface area contributed by atoms with Gasteiger partial charge in [-0.25, -0.2) is 12.8 Å². The van der Waals surface area contributed by atoms with Crippen LogP contribution in [0.3, 0.4) is 0 Å². The van der Waals surface area contributed by atoms with E-state index in [9.17, 15) is 17.6 Å². The zero-order chi connectivity index (χ0) is 20.1. The van der Waals surface area contributed by atoms with E-state index in [1.54, 1.807) is 36.4 Å². The monoisotopic (exact) mass is 406 g/mol. The van der Waals surface area contributed by atoms with Crippen molar-refractivity contribution in [3.05, 3.63) is 59.9 Å². The van der Waals surface area contributed by atoms with Gasteiger partial charge >= 0.3 is 0 Å². The maximum atomic E-state index is 12.9. The van der Waals surface area contributed by atoms with Crippen molar-refractivity contribution in [3.8, 4) is 5.75 Å². The van der Waals surface area contributed by atoms with Crippen molar-refractivity contribution in [1.82, 2.24) is 5.32 Å². The molecule has 0 unspecified atom stereocenters. The smallest absolute Gasteiger partial charge is 0.261 e. The molecular weight excluding hydrogens is 383 g/mol. The first kappa shape index (κ1) is 20.1. The topological polar surface area (TPSA) is 75.7 Å². The summed E-state index contributed by atoms with van der Waals surface area (Å²) >= 11 is 0. The molecule has 0 saturated heterocycles. The average Bonchev–Trinajstić information content (AvgIpc) is 2.86. The summed E-state index contributed by atoms with van der Waals surface area (Å²) in [4.78, 5) is 12.5. The van der Waals surface area contributed by atoms with E-state index in [0.717, 1.165) is 18.2 Å². The van der Waals surface area contributed by atoms with E-state index in [1.165, 1.54) is 16.4 Å². The molecule has 0 radical (unpaired) electrons. The molecule has 150 valence electrons. The standard InChI is InChI=1S/C20H23FN2O4S/c1-28(25,26)23-14-12-19(27-18-7-3-2-6-17(18)23)20(24)22-13-4-5-15-8-10-16(21)11-9-15/h2-3,6-11,19H,4-5,12-14H2,1H3,(H,22,24)/t19-/m0/s1. The lowest BCUT2D eigenvalue weighted by atomic mass is 10.1. The number of para-hydroxylation sites is 2. The number of sulfonamides is 1. The Morgan fingerprint density at radius 1 is 1.21 bits per heavy atom. The fraction of sp³-hybridized carbons (Fsp3) is 0.350. The molecule has 28 heavy (non-hydrogen) atoms. The lowest BCUT2D eigenvalue weighted by Gasteiger charge is -2.20. The van der Waals surface area contributed by atoms with Gasteiger partial charge in [-0.2, -0.15) is 0 Å². The molecule has 6 nitrogen and oxygen atoms in total. The number of hydrogen-bond acceptors (Lipinski definition) is 4. The van der Waals surface area contributed by atoms with Gasteiger partial charge in [0.05, 0.1) is 11.9 Å². The van der Waals surface area contributed by atoms with Crippen LogP contribution in [0.2, 0.25) is 0 Å². The number of amides is 1. The van der Waals surface area contributed by atoms with Gasteiger partial charge in [-0.3, -0.25) is 9.10 Å². The van der Waals surface area contributed by atoms with E-state index in [0.29, 0.717) is 24.4 Å². The Morgan fingerprint density at radius 2 is 1.93 bits per heavy atom. The Morgan fingerprint density at radius 3 is 2.64 bits per heavy atom. The maximum absolute atomic E-state index is 12.9. The SMILES string of the molecule is CS(=O)(=O)N1CC[C@@H](C(=O)NCCCc2ccc(F)cc2)Oc2ccccc21. The summed E-state index contributed by atoms with van der Waals surface area (Å²) in [6, 6.07) is 13.1. The number of carbonyl (C=O) groups excluding carboxylic acids is 1. The van der Waals surface area contributed by atoms with Crippen molar-refractivity contribution >= 4 is 21.6 Å². The molecule has 3 rings (SSSR count). The van der Waals surface area contributed by atoms with Crippen molar-refractivity contribution < 1.29 is 22.3 Å². The fourth-order valence-electron chi connectivity index (χ4n) is 3.13. The Hall–Kier alpha value is -2.61. The zero-order valence-electron chi connectivity index (χ0n) is 15.6. The molecule has 1 aliphatic rings. The second kappa shape index (κ2) is 8.60. The van der Waals surface area contributed by atoms with Gasteiger partial charge in [-0.05, 0) is 42.7 Å². The lowest BCUT2D eigenvalue weighted by Crippen LogP contribution is -2.40. The highest BCUT2D eigenvalue weighted by Crippen LogP contribution is 2.33. The second-order valence-corrected chi connectivity index (χ2v) is 8.63. The fourth-order valence-corrected chi connectivity index (χ4v) is 4.07. The van der Waals surface area contributed by atoms with Gasteiger partial charge in [-0.1, -0.05) is 24.3 Å². The van der Waals surface area contributed by atoms with Crippen LogP contribution in [-0.4, -0.2) is 39.8 Å². The summed E-state index contributed by atoms with van der Waals surface area (Å²) in [7, 11) is -3.47. The highest BCUT2D eigenvalue weighted by atomic mass is 32.2. The Bertz CT molecular complexity index is 931. The molecule has 0 saturated carbocycles. The maximum Gasteiger partial charge on any atom is 0.261 e. The number of carbonyl (C=O) groups is 1. The molecule has 0 aromatic heterocycles. The first-order chi connectivity index (χ1) is 13.3. The molecular formula is C20H23FN2O4S. The Kier molecular flexibility index (Phi) is 6.18. The van der Waals surface area contributed by atoms with Crippen LogP contribution in [-0.2, 0) is 21.2 Å². The van der Waals surface area contributed by atoms with Crippen LogP contribution in [0.25, 0.3) is 0 Å². The molecule has 2 aromatic rings. The van der Waals surface area contributed by atoms with Gasteiger partial charge in [-0.15, -0.1) is 0 Å². The number of aryl methyl sites for hydroxylation is 1. The predicted molar refractivity (Wildman–Crippen MR) is 105 cm³/mol. The average molecular weight is 406 g/mol. The van der Waals surface area contributed by atoms with Gasteiger partial charge < -0.3 is 10.1 Å². The van der Waals surface area contributed by atoms with E-state index in [4.69, 9.17) is 4.74 Å². The number of hydrogen-bond donors (Lipinski definition) is 1. The normalized spacial score (nSPS) is 16.6. The molecule has 2 aromatic carbocycles.